The Morgan fingerprint density at radius 2 is 1.87 bits per heavy atom. The fraction of sp³-hybridized carbons (Fsp3) is 0.391. The first-order valence-electron chi connectivity index (χ1n) is 10.6. The van der Waals surface area contributed by atoms with Crippen molar-refractivity contribution in [3.8, 4) is 11.5 Å². The number of anilines is 1. The van der Waals surface area contributed by atoms with E-state index in [2.05, 4.69) is 68.4 Å². The van der Waals surface area contributed by atoms with Gasteiger partial charge in [-0.05, 0) is 50.7 Å². The molecule has 0 amide bonds. The number of likely N-dealkylation sites (N-methyl/N-ethyl adjacent to an activating group) is 1. The highest BCUT2D eigenvalue weighted by molar-refractivity contribution is 5.93. The van der Waals surface area contributed by atoms with E-state index in [-0.39, 0.29) is 6.10 Å². The minimum atomic E-state index is 0.212. The number of fused-ring (bicyclic) bond motifs is 2. The summed E-state index contributed by atoms with van der Waals surface area (Å²) >= 11 is 0. The van der Waals surface area contributed by atoms with Gasteiger partial charge in [-0.3, -0.25) is 5.10 Å². The van der Waals surface area contributed by atoms with Crippen LogP contribution in [0.1, 0.15) is 19.4 Å². The van der Waals surface area contributed by atoms with Crippen LogP contribution in [-0.4, -0.2) is 64.4 Å². The third-order valence-corrected chi connectivity index (χ3v) is 5.77. The SMILES string of the molecule is CC(C)OCc1ccc2c(-c3nc4ccc(N5CCN(C)CC5)cc4[nH]3)n[nH]c2c1. The number of nitrogens with one attached hydrogen (secondary N) is 2. The van der Waals surface area contributed by atoms with Gasteiger partial charge < -0.3 is 19.5 Å². The van der Waals surface area contributed by atoms with Crippen LogP contribution in [0.25, 0.3) is 33.5 Å². The van der Waals surface area contributed by atoms with Crippen molar-refractivity contribution in [3.63, 3.8) is 0 Å². The molecule has 7 nitrogen and oxygen atoms in total. The quantitative estimate of drug-likeness (QED) is 0.530. The highest BCUT2D eigenvalue weighted by atomic mass is 16.5. The Kier molecular flexibility index (Phi) is 4.92. The van der Waals surface area contributed by atoms with E-state index < -0.39 is 0 Å². The minimum Gasteiger partial charge on any atom is -0.374 e. The van der Waals surface area contributed by atoms with Crippen LogP contribution in [0.2, 0.25) is 0 Å². The maximum Gasteiger partial charge on any atom is 0.159 e. The number of benzene rings is 2. The van der Waals surface area contributed by atoms with Crippen LogP contribution in [0.5, 0.6) is 0 Å². The number of nitrogens with zero attached hydrogens (tertiary/aromatic N) is 4. The summed E-state index contributed by atoms with van der Waals surface area (Å²) in [6.07, 6.45) is 0.212. The predicted octanol–water partition coefficient (Wildman–Crippen LogP) is 3.78. The summed E-state index contributed by atoms with van der Waals surface area (Å²) in [5.74, 6) is 0.790. The van der Waals surface area contributed by atoms with Gasteiger partial charge in [0.1, 0.15) is 5.69 Å². The second kappa shape index (κ2) is 7.74. The molecule has 0 aliphatic carbocycles. The Labute approximate surface area is 176 Å². The first kappa shape index (κ1) is 19.1. The number of aromatic amines is 2. The van der Waals surface area contributed by atoms with Gasteiger partial charge in [0.05, 0.1) is 29.3 Å². The third kappa shape index (κ3) is 3.66. The summed E-state index contributed by atoms with van der Waals surface area (Å²) in [7, 11) is 2.18. The summed E-state index contributed by atoms with van der Waals surface area (Å²) in [4.78, 5) is 13.1. The zero-order valence-corrected chi connectivity index (χ0v) is 17.8. The largest absolute Gasteiger partial charge is 0.374 e. The molecule has 2 aromatic heterocycles. The number of imidazole rings is 1. The van der Waals surface area contributed by atoms with Crippen molar-refractivity contribution >= 4 is 27.6 Å². The van der Waals surface area contributed by atoms with Crippen LogP contribution in [0.15, 0.2) is 36.4 Å². The second-order valence-corrected chi connectivity index (χ2v) is 8.39. The second-order valence-electron chi connectivity index (χ2n) is 8.39. The molecular formula is C23H28N6O. The molecular weight excluding hydrogens is 376 g/mol. The summed E-state index contributed by atoms with van der Waals surface area (Å²) in [5, 5.41) is 8.75. The zero-order chi connectivity index (χ0) is 20.7. The molecule has 0 bridgehead atoms. The minimum absolute atomic E-state index is 0.212. The number of hydrogen-bond donors (Lipinski definition) is 2. The molecule has 1 saturated heterocycles. The molecule has 2 aromatic carbocycles. The number of rotatable bonds is 5. The molecule has 0 spiro atoms. The molecule has 2 N–H and O–H groups in total. The van der Waals surface area contributed by atoms with Gasteiger partial charge in [0.25, 0.3) is 0 Å². The van der Waals surface area contributed by atoms with E-state index in [1.54, 1.807) is 0 Å². The van der Waals surface area contributed by atoms with Gasteiger partial charge in [0.2, 0.25) is 0 Å². The monoisotopic (exact) mass is 404 g/mol. The molecule has 0 unspecified atom stereocenters. The van der Waals surface area contributed by atoms with E-state index in [9.17, 15) is 0 Å². The zero-order valence-electron chi connectivity index (χ0n) is 17.8. The molecule has 5 rings (SSSR count). The van der Waals surface area contributed by atoms with Crippen molar-refractivity contribution in [2.75, 3.05) is 38.1 Å². The Hall–Kier alpha value is -2.90. The van der Waals surface area contributed by atoms with Crippen LogP contribution in [-0.2, 0) is 11.3 Å². The number of ether oxygens (including phenoxy) is 1. The number of piperazine rings is 1. The first-order chi connectivity index (χ1) is 14.6. The van der Waals surface area contributed by atoms with Crippen LogP contribution >= 0.6 is 0 Å². The van der Waals surface area contributed by atoms with Crippen molar-refractivity contribution in [1.29, 1.82) is 0 Å². The highest BCUT2D eigenvalue weighted by Crippen LogP contribution is 2.29. The Morgan fingerprint density at radius 3 is 2.67 bits per heavy atom. The Bertz CT molecular complexity index is 1170. The van der Waals surface area contributed by atoms with Gasteiger partial charge in [-0.1, -0.05) is 12.1 Å². The van der Waals surface area contributed by atoms with Crippen molar-refractivity contribution in [2.45, 2.75) is 26.6 Å². The maximum atomic E-state index is 5.72. The van der Waals surface area contributed by atoms with Crippen molar-refractivity contribution in [3.05, 3.63) is 42.0 Å². The standard InChI is InChI=1S/C23H28N6O/c1-15(2)30-14-16-4-6-18-20(12-16)26-27-22(18)23-24-19-7-5-17(13-21(19)25-23)29-10-8-28(3)9-11-29/h4-7,12-13,15H,8-11,14H2,1-3H3,(H,24,25)(H,26,27). The van der Waals surface area contributed by atoms with Crippen LogP contribution in [0.4, 0.5) is 5.69 Å². The predicted molar refractivity (Wildman–Crippen MR) is 121 cm³/mol. The molecule has 1 aliphatic rings. The molecule has 30 heavy (non-hydrogen) atoms. The van der Waals surface area contributed by atoms with Gasteiger partial charge in [-0.2, -0.15) is 5.10 Å². The summed E-state index contributed by atoms with van der Waals surface area (Å²) < 4.78 is 5.72. The molecule has 0 radical (unpaired) electrons. The topological polar surface area (TPSA) is 73.1 Å². The van der Waals surface area contributed by atoms with Gasteiger partial charge in [-0.15, -0.1) is 0 Å². The summed E-state index contributed by atoms with van der Waals surface area (Å²) in [6, 6.07) is 12.8. The van der Waals surface area contributed by atoms with Crippen molar-refractivity contribution in [2.24, 2.45) is 0 Å². The lowest BCUT2D eigenvalue weighted by atomic mass is 10.1. The van der Waals surface area contributed by atoms with Gasteiger partial charge in [0, 0.05) is 37.3 Å². The number of H-pyrrole nitrogens is 2. The third-order valence-electron chi connectivity index (χ3n) is 5.77. The molecule has 1 fully saturated rings. The molecule has 4 aromatic rings. The number of aromatic nitrogens is 4. The molecule has 3 heterocycles. The molecule has 1 aliphatic heterocycles. The maximum absolute atomic E-state index is 5.72. The highest BCUT2D eigenvalue weighted by Gasteiger charge is 2.17. The van der Waals surface area contributed by atoms with Crippen LogP contribution in [0, 0.1) is 0 Å². The summed E-state index contributed by atoms with van der Waals surface area (Å²) in [5.41, 5.74) is 6.22. The van der Waals surface area contributed by atoms with E-state index in [0.717, 1.165) is 65.2 Å². The van der Waals surface area contributed by atoms with E-state index >= 15 is 0 Å². The van der Waals surface area contributed by atoms with Crippen LogP contribution in [0.3, 0.4) is 0 Å². The first-order valence-corrected chi connectivity index (χ1v) is 10.6. The lowest BCUT2D eigenvalue weighted by Crippen LogP contribution is -2.44. The van der Waals surface area contributed by atoms with Crippen molar-refractivity contribution in [1.82, 2.24) is 25.1 Å². The number of hydrogen-bond acceptors (Lipinski definition) is 5. The van der Waals surface area contributed by atoms with E-state index in [1.165, 1.54) is 5.69 Å². The lowest BCUT2D eigenvalue weighted by Gasteiger charge is -2.34. The van der Waals surface area contributed by atoms with Gasteiger partial charge in [0.15, 0.2) is 5.82 Å². The fourth-order valence-corrected chi connectivity index (χ4v) is 3.97. The molecule has 0 saturated carbocycles. The van der Waals surface area contributed by atoms with Gasteiger partial charge in [-0.25, -0.2) is 4.98 Å². The molecule has 156 valence electrons. The van der Waals surface area contributed by atoms with Gasteiger partial charge >= 0.3 is 0 Å². The lowest BCUT2D eigenvalue weighted by molar-refractivity contribution is 0.0658. The van der Waals surface area contributed by atoms with E-state index in [0.29, 0.717) is 6.61 Å². The Balaban J connectivity index is 1.43. The molecule has 7 heteroatoms. The molecule has 0 atom stereocenters. The Morgan fingerprint density at radius 1 is 1.03 bits per heavy atom. The van der Waals surface area contributed by atoms with E-state index in [1.807, 2.05) is 13.8 Å². The smallest absolute Gasteiger partial charge is 0.159 e. The fourth-order valence-electron chi connectivity index (χ4n) is 3.97. The normalized spacial score (nSPS) is 15.7. The average molecular weight is 405 g/mol. The summed E-state index contributed by atoms with van der Waals surface area (Å²) in [6.45, 7) is 8.98. The van der Waals surface area contributed by atoms with Crippen molar-refractivity contribution < 1.29 is 4.74 Å². The van der Waals surface area contributed by atoms with E-state index in [4.69, 9.17) is 9.72 Å². The average Bonchev–Trinajstić information content (AvgIpc) is 3.35. The van der Waals surface area contributed by atoms with Crippen LogP contribution < -0.4 is 4.90 Å².